The number of primary amides is 1. The number of amides is 1. The first kappa shape index (κ1) is 14.0. The molecule has 0 bridgehead atoms. The molecule has 1 aromatic rings. The van der Waals surface area contributed by atoms with E-state index in [4.69, 9.17) is 23.1 Å². The molecule has 5 nitrogen and oxygen atoms in total. The minimum Gasteiger partial charge on any atom is -0.366 e. The summed E-state index contributed by atoms with van der Waals surface area (Å²) in [4.78, 5) is 14.9. The molecule has 0 atom stereocenters. The summed E-state index contributed by atoms with van der Waals surface area (Å²) in [6.45, 7) is 0. The number of nitrogens with two attached hydrogens (primary N) is 2. The molecule has 1 aliphatic carbocycles. The van der Waals surface area contributed by atoms with Crippen LogP contribution in [0.3, 0.4) is 0 Å². The van der Waals surface area contributed by atoms with Crippen LogP contribution in [0.1, 0.15) is 36.0 Å². The number of pyridine rings is 1. The van der Waals surface area contributed by atoms with Crippen LogP contribution < -0.4 is 16.8 Å². The molecule has 0 radical (unpaired) electrons. The Morgan fingerprint density at radius 2 is 2.05 bits per heavy atom. The largest absolute Gasteiger partial charge is 0.366 e. The summed E-state index contributed by atoms with van der Waals surface area (Å²) < 4.78 is 13.8. The Labute approximate surface area is 115 Å². The molecule has 1 aliphatic rings. The van der Waals surface area contributed by atoms with Gasteiger partial charge in [0.2, 0.25) is 0 Å². The van der Waals surface area contributed by atoms with E-state index in [1.54, 1.807) is 0 Å². The monoisotopic (exact) mass is 286 g/mol. The fourth-order valence-corrected chi connectivity index (χ4v) is 2.43. The Bertz CT molecular complexity index is 489. The van der Waals surface area contributed by atoms with Crippen molar-refractivity contribution in [1.82, 2.24) is 4.98 Å². The van der Waals surface area contributed by atoms with E-state index in [1.807, 2.05) is 0 Å². The number of halogens is 2. The van der Waals surface area contributed by atoms with Crippen molar-refractivity contribution >= 4 is 23.3 Å². The summed E-state index contributed by atoms with van der Waals surface area (Å²) in [5, 5.41) is 2.90. The second-order valence-electron chi connectivity index (χ2n) is 4.78. The van der Waals surface area contributed by atoms with Crippen LogP contribution in [0.5, 0.6) is 0 Å². The van der Waals surface area contributed by atoms with Gasteiger partial charge in [-0.2, -0.15) is 0 Å². The maximum absolute atomic E-state index is 13.8. The van der Waals surface area contributed by atoms with E-state index in [1.165, 1.54) is 0 Å². The molecule has 2 rings (SSSR count). The van der Waals surface area contributed by atoms with Crippen LogP contribution >= 0.6 is 11.6 Å². The number of hydrogen-bond acceptors (Lipinski definition) is 4. The zero-order valence-electron chi connectivity index (χ0n) is 10.3. The Morgan fingerprint density at radius 1 is 1.42 bits per heavy atom. The van der Waals surface area contributed by atoms with Crippen LogP contribution in [0.2, 0.25) is 5.15 Å². The van der Waals surface area contributed by atoms with Crippen molar-refractivity contribution in [2.24, 2.45) is 11.5 Å². The lowest BCUT2D eigenvalue weighted by atomic mass is 9.92. The van der Waals surface area contributed by atoms with E-state index in [0.717, 1.165) is 31.7 Å². The zero-order chi connectivity index (χ0) is 14.0. The Morgan fingerprint density at radius 3 is 2.63 bits per heavy atom. The maximum atomic E-state index is 13.8. The number of carbonyl (C=O) groups excluding carboxylic acids is 1. The molecule has 1 fully saturated rings. The molecule has 0 saturated heterocycles. The second-order valence-corrected chi connectivity index (χ2v) is 5.14. The third kappa shape index (κ3) is 3.33. The van der Waals surface area contributed by atoms with Gasteiger partial charge < -0.3 is 16.8 Å². The van der Waals surface area contributed by atoms with Gasteiger partial charge in [0.1, 0.15) is 5.15 Å². The van der Waals surface area contributed by atoms with Crippen molar-refractivity contribution < 1.29 is 9.18 Å². The van der Waals surface area contributed by atoms with E-state index < -0.39 is 11.7 Å². The van der Waals surface area contributed by atoms with Crippen molar-refractivity contribution in [1.29, 1.82) is 0 Å². The van der Waals surface area contributed by atoms with Gasteiger partial charge in [-0.3, -0.25) is 4.79 Å². The number of carbonyl (C=O) groups is 1. The van der Waals surface area contributed by atoms with Gasteiger partial charge in [0, 0.05) is 12.1 Å². The average molecular weight is 287 g/mol. The lowest BCUT2D eigenvalue weighted by Crippen LogP contribution is -2.33. The predicted molar refractivity (Wildman–Crippen MR) is 71.6 cm³/mol. The molecule has 5 N–H and O–H groups in total. The van der Waals surface area contributed by atoms with Crippen LogP contribution in [0.4, 0.5) is 10.2 Å². The molecule has 19 heavy (non-hydrogen) atoms. The topological polar surface area (TPSA) is 94.0 Å². The van der Waals surface area contributed by atoms with Crippen molar-refractivity contribution in [2.45, 2.75) is 37.8 Å². The van der Waals surface area contributed by atoms with Crippen molar-refractivity contribution in [2.75, 3.05) is 5.32 Å². The molecule has 1 amide bonds. The number of anilines is 1. The number of hydrogen-bond donors (Lipinski definition) is 3. The van der Waals surface area contributed by atoms with Crippen molar-refractivity contribution in [3.8, 4) is 0 Å². The standard InChI is InChI=1S/C12H16ClFN4O/c13-10-8(11(16)19)5-9(14)12(18-10)17-7-3-1-6(15)2-4-7/h5-7H,1-4,15H2,(H2,16,19)(H,17,18). The smallest absolute Gasteiger partial charge is 0.251 e. The number of aromatic nitrogens is 1. The SMILES string of the molecule is NC(=O)c1cc(F)c(NC2CCC(N)CC2)nc1Cl. The molecule has 0 spiro atoms. The molecule has 104 valence electrons. The predicted octanol–water partition coefficient (Wildman–Crippen LogP) is 1.65. The molecule has 7 heteroatoms. The molecular formula is C12H16ClFN4O. The normalized spacial score (nSPS) is 23.1. The first-order valence-corrected chi connectivity index (χ1v) is 6.53. The van der Waals surface area contributed by atoms with Gasteiger partial charge >= 0.3 is 0 Å². The van der Waals surface area contributed by atoms with Crippen molar-refractivity contribution in [3.05, 3.63) is 22.6 Å². The van der Waals surface area contributed by atoms with Crippen LogP contribution in [-0.4, -0.2) is 23.0 Å². The van der Waals surface area contributed by atoms with Crippen LogP contribution in [0.25, 0.3) is 0 Å². The number of nitrogens with one attached hydrogen (secondary N) is 1. The van der Waals surface area contributed by atoms with Crippen molar-refractivity contribution in [3.63, 3.8) is 0 Å². The molecule has 0 unspecified atom stereocenters. The highest BCUT2D eigenvalue weighted by Gasteiger charge is 2.21. The van der Waals surface area contributed by atoms with Gasteiger partial charge in [0.15, 0.2) is 11.6 Å². The molecule has 1 aromatic heterocycles. The summed E-state index contributed by atoms with van der Waals surface area (Å²) in [5.41, 5.74) is 10.8. The maximum Gasteiger partial charge on any atom is 0.251 e. The molecular weight excluding hydrogens is 271 g/mol. The van der Waals surface area contributed by atoms with E-state index in [9.17, 15) is 9.18 Å². The van der Waals surface area contributed by atoms with Crippen LogP contribution in [0.15, 0.2) is 6.07 Å². The quantitative estimate of drug-likeness (QED) is 0.737. The molecule has 0 aromatic carbocycles. The highest BCUT2D eigenvalue weighted by molar-refractivity contribution is 6.32. The van der Waals surface area contributed by atoms with Crippen LogP contribution in [0, 0.1) is 5.82 Å². The lowest BCUT2D eigenvalue weighted by Gasteiger charge is -2.27. The third-order valence-corrected chi connectivity index (χ3v) is 3.60. The Balaban J connectivity index is 2.13. The van der Waals surface area contributed by atoms with E-state index in [2.05, 4.69) is 10.3 Å². The summed E-state index contributed by atoms with van der Waals surface area (Å²) in [7, 11) is 0. The Hall–Kier alpha value is -1.40. The average Bonchev–Trinajstić information content (AvgIpc) is 2.35. The zero-order valence-corrected chi connectivity index (χ0v) is 11.1. The first-order valence-electron chi connectivity index (χ1n) is 6.15. The van der Waals surface area contributed by atoms with Gasteiger partial charge in [-0.25, -0.2) is 9.37 Å². The third-order valence-electron chi connectivity index (χ3n) is 3.31. The molecule has 0 aliphatic heterocycles. The molecule has 1 saturated carbocycles. The summed E-state index contributed by atoms with van der Waals surface area (Å²) in [6, 6.07) is 1.35. The van der Waals surface area contributed by atoms with Gasteiger partial charge in [-0.1, -0.05) is 11.6 Å². The van der Waals surface area contributed by atoms with E-state index in [-0.39, 0.29) is 28.6 Å². The highest BCUT2D eigenvalue weighted by atomic mass is 35.5. The van der Waals surface area contributed by atoms with Gasteiger partial charge in [0.05, 0.1) is 5.56 Å². The summed E-state index contributed by atoms with van der Waals surface area (Å²) >= 11 is 5.80. The fourth-order valence-electron chi connectivity index (χ4n) is 2.20. The minimum atomic E-state index is -0.799. The lowest BCUT2D eigenvalue weighted by molar-refractivity contribution is 0.0999. The van der Waals surface area contributed by atoms with E-state index >= 15 is 0 Å². The Kier molecular flexibility index (Phi) is 4.21. The van der Waals surface area contributed by atoms with Gasteiger partial charge in [0.25, 0.3) is 5.91 Å². The van der Waals surface area contributed by atoms with E-state index in [0.29, 0.717) is 0 Å². The molecule has 1 heterocycles. The minimum absolute atomic E-state index is 0.0514. The number of nitrogens with zero attached hydrogens (tertiary/aromatic N) is 1. The van der Waals surface area contributed by atoms with Crippen LogP contribution in [-0.2, 0) is 0 Å². The highest BCUT2D eigenvalue weighted by Crippen LogP contribution is 2.24. The fraction of sp³-hybridized carbons (Fsp3) is 0.500. The number of rotatable bonds is 3. The second kappa shape index (κ2) is 5.71. The summed E-state index contributed by atoms with van der Waals surface area (Å²) in [6.07, 6.45) is 3.51. The van der Waals surface area contributed by atoms with Gasteiger partial charge in [-0.05, 0) is 31.7 Å². The first-order chi connectivity index (χ1) is 8.97. The van der Waals surface area contributed by atoms with Gasteiger partial charge in [-0.15, -0.1) is 0 Å². The summed E-state index contributed by atoms with van der Waals surface area (Å²) in [5.74, 6) is -1.38.